The smallest absolute Gasteiger partial charge is 0.336 e. The molecule has 8 nitrogen and oxygen atoms in total. The van der Waals surface area contributed by atoms with Gasteiger partial charge in [-0.2, -0.15) is 0 Å². The standard InChI is InChI=1S/C24H24N2O6/c1-13-10-20(28)31-22-16-8-9-24(2,3)32-17(16)11-18(21(13)22)30-12-19(27)26-15-6-4-14(5-7-15)23(25)29/h4-7,10-11H,8-9,12H2,1-3H3,(H2,25,29)(H,26,27). The number of hydrogen-bond acceptors (Lipinski definition) is 6. The van der Waals surface area contributed by atoms with Gasteiger partial charge in [-0.3, -0.25) is 9.59 Å². The summed E-state index contributed by atoms with van der Waals surface area (Å²) in [4.78, 5) is 35.6. The second-order valence-electron chi connectivity index (χ2n) is 8.44. The molecular formula is C24H24N2O6. The van der Waals surface area contributed by atoms with E-state index in [9.17, 15) is 14.4 Å². The lowest BCUT2D eigenvalue weighted by molar-refractivity contribution is -0.118. The fourth-order valence-electron chi connectivity index (χ4n) is 3.79. The van der Waals surface area contributed by atoms with E-state index in [1.165, 1.54) is 18.2 Å². The summed E-state index contributed by atoms with van der Waals surface area (Å²) in [5.74, 6) is 0.0498. The number of anilines is 1. The van der Waals surface area contributed by atoms with Crippen LogP contribution in [-0.4, -0.2) is 24.0 Å². The Bertz CT molecular complexity index is 1270. The third-order valence-electron chi connectivity index (χ3n) is 5.41. The first-order valence-corrected chi connectivity index (χ1v) is 10.2. The highest BCUT2D eigenvalue weighted by Crippen LogP contribution is 2.42. The average Bonchev–Trinajstić information content (AvgIpc) is 2.71. The van der Waals surface area contributed by atoms with Crippen LogP contribution in [0.3, 0.4) is 0 Å². The number of carbonyl (C=O) groups is 2. The zero-order valence-corrected chi connectivity index (χ0v) is 18.1. The summed E-state index contributed by atoms with van der Waals surface area (Å²) in [6.07, 6.45) is 1.48. The van der Waals surface area contributed by atoms with E-state index in [0.717, 1.165) is 12.0 Å². The number of nitrogens with two attached hydrogens (primary N) is 1. The maximum Gasteiger partial charge on any atom is 0.336 e. The number of primary amides is 1. The van der Waals surface area contributed by atoms with Crippen molar-refractivity contribution in [2.45, 2.75) is 39.2 Å². The van der Waals surface area contributed by atoms with Gasteiger partial charge in [0, 0.05) is 28.9 Å². The van der Waals surface area contributed by atoms with Crippen LogP contribution in [0.2, 0.25) is 0 Å². The fourth-order valence-corrected chi connectivity index (χ4v) is 3.79. The first-order chi connectivity index (χ1) is 15.1. The highest BCUT2D eigenvalue weighted by atomic mass is 16.5. The minimum absolute atomic E-state index is 0.270. The highest BCUT2D eigenvalue weighted by Gasteiger charge is 2.30. The molecule has 0 atom stereocenters. The minimum atomic E-state index is -0.544. The molecule has 0 saturated carbocycles. The number of carbonyl (C=O) groups excluding carboxylic acids is 2. The molecule has 0 radical (unpaired) electrons. The Labute approximate surface area is 184 Å². The Morgan fingerprint density at radius 2 is 1.91 bits per heavy atom. The molecule has 1 aliphatic heterocycles. The molecule has 1 aromatic heterocycles. The Morgan fingerprint density at radius 1 is 1.19 bits per heavy atom. The van der Waals surface area contributed by atoms with E-state index < -0.39 is 11.5 Å². The normalized spacial score (nSPS) is 14.3. The maximum absolute atomic E-state index is 12.4. The molecule has 3 N–H and O–H groups in total. The minimum Gasteiger partial charge on any atom is -0.487 e. The zero-order valence-electron chi connectivity index (χ0n) is 18.1. The Kier molecular flexibility index (Phi) is 5.38. The maximum atomic E-state index is 12.4. The predicted octanol–water partition coefficient (Wildman–Crippen LogP) is 3.32. The lowest BCUT2D eigenvalue weighted by atomic mass is 9.92. The molecule has 0 aliphatic carbocycles. The number of benzene rings is 2. The first kappa shape index (κ1) is 21.4. The fraction of sp³-hybridized carbons (Fsp3) is 0.292. The molecule has 2 aromatic carbocycles. The number of aryl methyl sites for hydroxylation is 2. The summed E-state index contributed by atoms with van der Waals surface area (Å²) in [6, 6.07) is 9.37. The van der Waals surface area contributed by atoms with Crippen LogP contribution in [-0.2, 0) is 11.2 Å². The molecule has 2 heterocycles. The van der Waals surface area contributed by atoms with Gasteiger partial charge in [0.2, 0.25) is 5.91 Å². The Hall–Kier alpha value is -3.81. The summed E-state index contributed by atoms with van der Waals surface area (Å²) < 4.78 is 17.5. The van der Waals surface area contributed by atoms with E-state index in [0.29, 0.717) is 45.7 Å². The van der Waals surface area contributed by atoms with Crippen LogP contribution < -0.4 is 26.1 Å². The van der Waals surface area contributed by atoms with Gasteiger partial charge in [-0.15, -0.1) is 0 Å². The third kappa shape index (κ3) is 4.30. The first-order valence-electron chi connectivity index (χ1n) is 10.2. The van der Waals surface area contributed by atoms with Gasteiger partial charge in [-0.1, -0.05) is 0 Å². The molecular weight excluding hydrogens is 412 g/mol. The second kappa shape index (κ2) is 8.03. The van der Waals surface area contributed by atoms with Gasteiger partial charge in [0.25, 0.3) is 5.91 Å². The van der Waals surface area contributed by atoms with Crippen LogP contribution in [0.15, 0.2) is 45.6 Å². The van der Waals surface area contributed by atoms with Crippen LogP contribution in [0.25, 0.3) is 11.0 Å². The molecule has 2 amide bonds. The number of amides is 2. The molecule has 8 heteroatoms. The van der Waals surface area contributed by atoms with Crippen molar-refractivity contribution in [3.05, 3.63) is 63.5 Å². The van der Waals surface area contributed by atoms with Gasteiger partial charge < -0.3 is 24.9 Å². The second-order valence-corrected chi connectivity index (χ2v) is 8.44. The van der Waals surface area contributed by atoms with Crippen molar-refractivity contribution in [2.75, 3.05) is 11.9 Å². The Morgan fingerprint density at radius 3 is 2.59 bits per heavy atom. The summed E-state index contributed by atoms with van der Waals surface area (Å²) >= 11 is 0. The highest BCUT2D eigenvalue weighted by molar-refractivity contribution is 5.96. The van der Waals surface area contributed by atoms with E-state index in [1.54, 1.807) is 25.1 Å². The Balaban J connectivity index is 1.60. The van der Waals surface area contributed by atoms with Crippen molar-refractivity contribution >= 4 is 28.5 Å². The molecule has 0 fully saturated rings. The van der Waals surface area contributed by atoms with Gasteiger partial charge in [0.15, 0.2) is 6.61 Å². The number of hydrogen-bond donors (Lipinski definition) is 2. The zero-order chi connectivity index (χ0) is 23.0. The van der Waals surface area contributed by atoms with E-state index in [2.05, 4.69) is 5.32 Å². The quantitative estimate of drug-likeness (QED) is 0.592. The van der Waals surface area contributed by atoms with Crippen LogP contribution in [0.4, 0.5) is 5.69 Å². The van der Waals surface area contributed by atoms with Gasteiger partial charge in [0.05, 0.1) is 5.39 Å². The van der Waals surface area contributed by atoms with Crippen molar-refractivity contribution in [1.29, 1.82) is 0 Å². The van der Waals surface area contributed by atoms with Gasteiger partial charge >= 0.3 is 5.63 Å². The van der Waals surface area contributed by atoms with Crippen molar-refractivity contribution in [3.63, 3.8) is 0 Å². The topological polar surface area (TPSA) is 121 Å². The average molecular weight is 436 g/mol. The van der Waals surface area contributed by atoms with Crippen LogP contribution in [0.5, 0.6) is 11.5 Å². The summed E-state index contributed by atoms with van der Waals surface area (Å²) in [5, 5.41) is 3.35. The molecule has 0 bridgehead atoms. The third-order valence-corrected chi connectivity index (χ3v) is 5.41. The predicted molar refractivity (Wildman–Crippen MR) is 119 cm³/mol. The molecule has 1 aliphatic rings. The van der Waals surface area contributed by atoms with E-state index >= 15 is 0 Å². The molecule has 0 spiro atoms. The molecule has 0 unspecified atom stereocenters. The van der Waals surface area contributed by atoms with Crippen molar-refractivity contribution in [1.82, 2.24) is 0 Å². The molecule has 3 aromatic rings. The largest absolute Gasteiger partial charge is 0.487 e. The SMILES string of the molecule is Cc1cc(=O)oc2c3c(cc(OCC(=O)Nc4ccc(C(N)=O)cc4)c12)OC(C)(C)CC3. The molecule has 0 saturated heterocycles. The number of ether oxygens (including phenoxy) is 2. The van der Waals surface area contributed by atoms with E-state index in [1.807, 2.05) is 13.8 Å². The van der Waals surface area contributed by atoms with Gasteiger partial charge in [-0.05, 0) is 63.4 Å². The molecule has 32 heavy (non-hydrogen) atoms. The number of fused-ring (bicyclic) bond motifs is 3. The van der Waals surface area contributed by atoms with Crippen molar-refractivity contribution in [2.24, 2.45) is 5.73 Å². The van der Waals surface area contributed by atoms with Crippen LogP contribution in [0.1, 0.15) is 41.8 Å². The van der Waals surface area contributed by atoms with Crippen molar-refractivity contribution < 1.29 is 23.5 Å². The monoisotopic (exact) mass is 436 g/mol. The summed E-state index contributed by atoms with van der Waals surface area (Å²) in [6.45, 7) is 5.51. The lowest BCUT2D eigenvalue weighted by Crippen LogP contribution is -2.32. The molecule has 166 valence electrons. The van der Waals surface area contributed by atoms with Gasteiger partial charge in [-0.25, -0.2) is 4.79 Å². The summed E-state index contributed by atoms with van der Waals surface area (Å²) in [7, 11) is 0. The van der Waals surface area contributed by atoms with E-state index in [4.69, 9.17) is 19.6 Å². The van der Waals surface area contributed by atoms with Crippen LogP contribution in [0, 0.1) is 6.92 Å². The van der Waals surface area contributed by atoms with E-state index in [-0.39, 0.29) is 18.1 Å². The summed E-state index contributed by atoms with van der Waals surface area (Å²) in [5.41, 5.74) is 7.22. The molecule has 4 rings (SSSR count). The van der Waals surface area contributed by atoms with Crippen LogP contribution >= 0.6 is 0 Å². The van der Waals surface area contributed by atoms with Crippen molar-refractivity contribution in [3.8, 4) is 11.5 Å². The number of rotatable bonds is 5. The van der Waals surface area contributed by atoms with Gasteiger partial charge in [0.1, 0.15) is 22.7 Å². The number of nitrogens with one attached hydrogen (secondary N) is 1. The lowest BCUT2D eigenvalue weighted by Gasteiger charge is -2.33.